The summed E-state index contributed by atoms with van der Waals surface area (Å²) in [5.41, 5.74) is 2.45. The summed E-state index contributed by atoms with van der Waals surface area (Å²) in [4.78, 5) is 14.9. The number of halogens is 1. The zero-order valence-corrected chi connectivity index (χ0v) is 15.5. The van der Waals surface area contributed by atoms with Crippen molar-refractivity contribution in [2.45, 2.75) is 6.61 Å². The summed E-state index contributed by atoms with van der Waals surface area (Å²) in [6.07, 6.45) is 1.80. The van der Waals surface area contributed by atoms with Crippen LogP contribution in [0, 0.1) is 17.7 Å². The molecule has 0 radical (unpaired) electrons. The number of nitrogens with zero attached hydrogens (tertiary/aromatic N) is 2. The number of hydrogen-bond acceptors (Lipinski definition) is 4. The summed E-state index contributed by atoms with van der Waals surface area (Å²) in [5.74, 6) is 4.32. The van der Waals surface area contributed by atoms with E-state index in [0.717, 1.165) is 0 Å². The van der Waals surface area contributed by atoms with Crippen LogP contribution in [0.3, 0.4) is 0 Å². The van der Waals surface area contributed by atoms with Gasteiger partial charge < -0.3 is 14.6 Å². The van der Waals surface area contributed by atoms with Crippen LogP contribution in [0.2, 0.25) is 0 Å². The molecular weight excluding hydrogens is 334 g/mol. The summed E-state index contributed by atoms with van der Waals surface area (Å²) in [6, 6.07) is 11.3. The van der Waals surface area contributed by atoms with Crippen molar-refractivity contribution in [1.82, 2.24) is 9.38 Å². The van der Waals surface area contributed by atoms with E-state index < -0.39 is 12.6 Å². The Morgan fingerprint density at radius 3 is 2.68 bits per heavy atom. The Labute approximate surface area is 165 Å². The second-order valence-electron chi connectivity index (χ2n) is 4.96. The van der Waals surface area contributed by atoms with Crippen LogP contribution in [0.1, 0.15) is 17.0 Å². The predicted molar refractivity (Wildman–Crippen MR) is 82.2 cm³/mol. The molecule has 0 aliphatic carbocycles. The molecule has 0 aliphatic rings. The Morgan fingerprint density at radius 1 is 1.20 bits per heavy atom. The van der Waals surface area contributed by atoms with E-state index >= 15 is 0 Å². The quantitative estimate of drug-likeness (QED) is 0.411. The van der Waals surface area contributed by atoms with Gasteiger partial charge in [-0.3, -0.25) is 4.40 Å². The largest absolute Gasteiger partial charge is 1.00 e. The maximum absolute atomic E-state index is 12.9. The van der Waals surface area contributed by atoms with Crippen molar-refractivity contribution < 1.29 is 48.6 Å². The van der Waals surface area contributed by atoms with Crippen molar-refractivity contribution in [1.29, 1.82) is 0 Å². The van der Waals surface area contributed by atoms with Crippen molar-refractivity contribution in [2.75, 3.05) is 6.61 Å². The molecular formula is C18H12FN2NaO3. The van der Waals surface area contributed by atoms with E-state index in [1.807, 2.05) is 18.2 Å². The molecule has 3 rings (SSSR count). The van der Waals surface area contributed by atoms with Crippen molar-refractivity contribution in [2.24, 2.45) is 0 Å². The van der Waals surface area contributed by atoms with Crippen LogP contribution in [0.25, 0.3) is 5.65 Å². The number of carbonyl (C=O) groups excluding carboxylic acids is 1. The van der Waals surface area contributed by atoms with Gasteiger partial charge in [-0.15, -0.1) is 0 Å². The molecule has 0 unspecified atom stereocenters. The average Bonchev–Trinajstić information content (AvgIpc) is 2.92. The van der Waals surface area contributed by atoms with Gasteiger partial charge in [-0.1, -0.05) is 12.0 Å². The number of aliphatic carboxylic acids is 1. The standard InChI is InChI=1S/C18H13FN2O3.Na/c19-14-7-4-13(5-8-14)6-9-16-15(11-24-12-18(22)23)20-17-3-1-2-10-21(16)17;/h1-5,7-8,10H,11-12H2,(H,22,23);/q;+1/p-1. The maximum Gasteiger partial charge on any atom is 1.00 e. The van der Waals surface area contributed by atoms with Gasteiger partial charge in [-0.05, 0) is 42.3 Å². The van der Waals surface area contributed by atoms with E-state index in [4.69, 9.17) is 4.74 Å². The molecule has 7 heteroatoms. The van der Waals surface area contributed by atoms with E-state index in [1.54, 1.807) is 22.7 Å². The monoisotopic (exact) mass is 346 g/mol. The molecule has 3 aromatic rings. The van der Waals surface area contributed by atoms with Gasteiger partial charge in [0.05, 0.1) is 19.2 Å². The SMILES string of the molecule is O=C([O-])COCc1nc2ccccn2c1C#Cc1ccc(F)cc1.[Na+]. The zero-order chi connectivity index (χ0) is 16.9. The molecule has 5 nitrogen and oxygen atoms in total. The molecule has 0 bridgehead atoms. The Kier molecular flexibility index (Phi) is 6.73. The Balaban J connectivity index is 0.00000225. The topological polar surface area (TPSA) is 66.7 Å². The molecule has 0 amide bonds. The van der Waals surface area contributed by atoms with Crippen LogP contribution < -0.4 is 34.7 Å². The van der Waals surface area contributed by atoms with Gasteiger partial charge in [0.25, 0.3) is 0 Å². The predicted octanol–water partition coefficient (Wildman–Crippen LogP) is -1.86. The number of ether oxygens (including phenoxy) is 1. The molecule has 0 N–H and O–H groups in total. The van der Waals surface area contributed by atoms with Crippen LogP contribution in [-0.4, -0.2) is 22.0 Å². The average molecular weight is 346 g/mol. The minimum atomic E-state index is -1.29. The second kappa shape index (κ2) is 8.79. The van der Waals surface area contributed by atoms with Crippen LogP contribution in [-0.2, 0) is 16.1 Å². The van der Waals surface area contributed by atoms with Crippen LogP contribution >= 0.6 is 0 Å². The van der Waals surface area contributed by atoms with Gasteiger partial charge in [0.2, 0.25) is 0 Å². The van der Waals surface area contributed by atoms with Crippen molar-refractivity contribution in [3.05, 3.63) is 71.4 Å². The Bertz CT molecular complexity index is 942. The van der Waals surface area contributed by atoms with E-state index in [1.165, 1.54) is 12.1 Å². The summed E-state index contributed by atoms with van der Waals surface area (Å²) in [6.45, 7) is -0.512. The minimum Gasteiger partial charge on any atom is -0.548 e. The molecule has 25 heavy (non-hydrogen) atoms. The van der Waals surface area contributed by atoms with Gasteiger partial charge in [-0.2, -0.15) is 0 Å². The number of hydrogen-bond donors (Lipinski definition) is 0. The third-order valence-electron chi connectivity index (χ3n) is 3.23. The van der Waals surface area contributed by atoms with E-state index in [-0.39, 0.29) is 42.0 Å². The third kappa shape index (κ3) is 4.91. The fourth-order valence-electron chi connectivity index (χ4n) is 2.17. The van der Waals surface area contributed by atoms with E-state index in [0.29, 0.717) is 22.6 Å². The summed E-state index contributed by atoms with van der Waals surface area (Å²) < 4.78 is 19.8. The fourth-order valence-corrected chi connectivity index (χ4v) is 2.17. The van der Waals surface area contributed by atoms with Crippen LogP contribution in [0.15, 0.2) is 48.7 Å². The summed E-state index contributed by atoms with van der Waals surface area (Å²) in [7, 11) is 0. The molecule has 0 saturated carbocycles. The number of pyridine rings is 1. The number of imidazole rings is 1. The fraction of sp³-hybridized carbons (Fsp3) is 0.111. The van der Waals surface area contributed by atoms with Crippen molar-refractivity contribution in [3.8, 4) is 11.8 Å². The number of fused-ring (bicyclic) bond motifs is 1. The summed E-state index contributed by atoms with van der Waals surface area (Å²) in [5, 5.41) is 10.5. The molecule has 120 valence electrons. The molecule has 1 aromatic carbocycles. The third-order valence-corrected chi connectivity index (χ3v) is 3.23. The first-order valence-electron chi connectivity index (χ1n) is 7.14. The van der Waals surface area contributed by atoms with Crippen LogP contribution in [0.4, 0.5) is 4.39 Å². The minimum absolute atomic E-state index is 0. The zero-order valence-electron chi connectivity index (χ0n) is 13.5. The first-order chi connectivity index (χ1) is 11.6. The Morgan fingerprint density at radius 2 is 1.96 bits per heavy atom. The first kappa shape index (κ1) is 19.2. The Hall–Kier alpha value is -2.17. The van der Waals surface area contributed by atoms with E-state index in [9.17, 15) is 14.3 Å². The molecule has 0 atom stereocenters. The number of aromatic nitrogens is 2. The smallest absolute Gasteiger partial charge is 0.548 e. The molecule has 0 saturated heterocycles. The molecule has 2 heterocycles. The molecule has 2 aromatic heterocycles. The maximum atomic E-state index is 12.9. The molecule has 0 aliphatic heterocycles. The normalized spacial score (nSPS) is 9.96. The van der Waals surface area contributed by atoms with Crippen LogP contribution in [0.5, 0.6) is 0 Å². The second-order valence-corrected chi connectivity index (χ2v) is 4.96. The van der Waals surface area contributed by atoms with Crippen molar-refractivity contribution in [3.63, 3.8) is 0 Å². The van der Waals surface area contributed by atoms with Gasteiger partial charge in [0.15, 0.2) is 0 Å². The number of carbonyl (C=O) groups is 1. The first-order valence-corrected chi connectivity index (χ1v) is 7.14. The van der Waals surface area contributed by atoms with E-state index in [2.05, 4.69) is 16.8 Å². The summed E-state index contributed by atoms with van der Waals surface area (Å²) >= 11 is 0. The number of carboxylic acid groups (broad SMARTS) is 1. The van der Waals surface area contributed by atoms with Gasteiger partial charge >= 0.3 is 29.6 Å². The number of benzene rings is 1. The van der Waals surface area contributed by atoms with Gasteiger partial charge in [0, 0.05) is 11.8 Å². The number of rotatable bonds is 4. The number of carboxylic acids is 1. The van der Waals surface area contributed by atoms with Gasteiger partial charge in [0.1, 0.15) is 22.9 Å². The van der Waals surface area contributed by atoms with Gasteiger partial charge in [-0.25, -0.2) is 9.37 Å². The molecule has 0 fully saturated rings. The van der Waals surface area contributed by atoms with Crippen molar-refractivity contribution >= 4 is 11.6 Å². The molecule has 0 spiro atoms.